The number of benzene rings is 1. The van der Waals surface area contributed by atoms with E-state index >= 15 is 0 Å². The van der Waals surface area contributed by atoms with E-state index in [0.29, 0.717) is 19.5 Å². The van der Waals surface area contributed by atoms with Gasteiger partial charge in [-0.15, -0.1) is 0 Å². The second kappa shape index (κ2) is 7.67. The SMILES string of the molecule is O=C(NCCCNO)OCc1ccccc1. The fourth-order valence-corrected chi connectivity index (χ4v) is 1.13. The number of nitrogens with one attached hydrogen (secondary N) is 2. The van der Waals surface area contributed by atoms with Crippen molar-refractivity contribution in [3.8, 4) is 0 Å². The van der Waals surface area contributed by atoms with E-state index in [1.807, 2.05) is 35.8 Å². The number of rotatable bonds is 6. The lowest BCUT2D eigenvalue weighted by Gasteiger charge is -2.06. The Morgan fingerprint density at radius 1 is 1.25 bits per heavy atom. The number of carbonyl (C=O) groups is 1. The van der Waals surface area contributed by atoms with Crippen molar-refractivity contribution in [3.63, 3.8) is 0 Å². The first kappa shape index (κ1) is 12.5. The molecule has 1 aromatic carbocycles. The highest BCUT2D eigenvalue weighted by Gasteiger charge is 2.00. The maximum atomic E-state index is 11.2. The molecule has 0 heterocycles. The van der Waals surface area contributed by atoms with Crippen molar-refractivity contribution >= 4 is 6.09 Å². The molecule has 88 valence electrons. The van der Waals surface area contributed by atoms with Crippen LogP contribution in [0.3, 0.4) is 0 Å². The van der Waals surface area contributed by atoms with Crippen LogP contribution in [0.1, 0.15) is 12.0 Å². The van der Waals surface area contributed by atoms with Gasteiger partial charge in [-0.1, -0.05) is 30.3 Å². The maximum absolute atomic E-state index is 11.2. The molecule has 0 spiro atoms. The number of hydrogen-bond acceptors (Lipinski definition) is 4. The van der Waals surface area contributed by atoms with Gasteiger partial charge in [-0.25, -0.2) is 10.3 Å². The molecule has 0 aromatic heterocycles. The third-order valence-electron chi connectivity index (χ3n) is 1.95. The minimum atomic E-state index is -0.443. The third-order valence-corrected chi connectivity index (χ3v) is 1.95. The van der Waals surface area contributed by atoms with E-state index in [9.17, 15) is 4.79 Å². The van der Waals surface area contributed by atoms with Crippen molar-refractivity contribution in [1.82, 2.24) is 10.8 Å². The molecule has 1 aromatic rings. The predicted octanol–water partition coefficient (Wildman–Crippen LogP) is 1.28. The number of ether oxygens (including phenoxy) is 1. The van der Waals surface area contributed by atoms with Crippen LogP contribution in [0.25, 0.3) is 0 Å². The van der Waals surface area contributed by atoms with Crippen LogP contribution < -0.4 is 10.8 Å². The summed E-state index contributed by atoms with van der Waals surface area (Å²) in [4.78, 5) is 11.2. The van der Waals surface area contributed by atoms with Gasteiger partial charge in [0.1, 0.15) is 6.61 Å². The van der Waals surface area contributed by atoms with Gasteiger partial charge >= 0.3 is 6.09 Å². The third kappa shape index (κ3) is 5.33. The number of carbonyl (C=O) groups excluding carboxylic acids is 1. The molecule has 0 saturated carbocycles. The smallest absolute Gasteiger partial charge is 0.407 e. The summed E-state index contributed by atoms with van der Waals surface area (Å²) in [6, 6.07) is 9.48. The zero-order valence-corrected chi connectivity index (χ0v) is 8.98. The first-order chi connectivity index (χ1) is 7.83. The van der Waals surface area contributed by atoms with Crippen molar-refractivity contribution in [3.05, 3.63) is 35.9 Å². The van der Waals surface area contributed by atoms with Gasteiger partial charge in [0.25, 0.3) is 0 Å². The van der Waals surface area contributed by atoms with Gasteiger partial charge in [-0.2, -0.15) is 0 Å². The average molecular weight is 224 g/mol. The Morgan fingerprint density at radius 3 is 2.69 bits per heavy atom. The van der Waals surface area contributed by atoms with Gasteiger partial charge in [-0.05, 0) is 12.0 Å². The Bertz CT molecular complexity index is 303. The second-order valence-corrected chi connectivity index (χ2v) is 3.25. The normalized spacial score (nSPS) is 9.81. The molecule has 0 unspecified atom stereocenters. The Labute approximate surface area is 94.4 Å². The quantitative estimate of drug-likeness (QED) is 0.503. The largest absolute Gasteiger partial charge is 0.445 e. The molecule has 0 aliphatic heterocycles. The highest BCUT2D eigenvalue weighted by Crippen LogP contribution is 2.00. The van der Waals surface area contributed by atoms with Crippen LogP contribution in [0, 0.1) is 0 Å². The molecular weight excluding hydrogens is 208 g/mol. The van der Waals surface area contributed by atoms with Crippen molar-refractivity contribution in [2.45, 2.75) is 13.0 Å². The standard InChI is InChI=1S/C11H16N2O3/c14-11(12-7-4-8-13-15)16-9-10-5-2-1-3-6-10/h1-3,5-6,13,15H,4,7-9H2,(H,12,14). The first-order valence-electron chi connectivity index (χ1n) is 5.14. The summed E-state index contributed by atoms with van der Waals surface area (Å²) in [6.45, 7) is 1.19. The number of hydroxylamine groups is 1. The molecule has 0 radical (unpaired) electrons. The first-order valence-corrected chi connectivity index (χ1v) is 5.14. The minimum absolute atomic E-state index is 0.269. The molecule has 5 nitrogen and oxygen atoms in total. The van der Waals surface area contributed by atoms with E-state index in [2.05, 4.69) is 5.32 Å². The maximum Gasteiger partial charge on any atom is 0.407 e. The summed E-state index contributed by atoms with van der Waals surface area (Å²) < 4.78 is 4.98. The Hall–Kier alpha value is -1.59. The van der Waals surface area contributed by atoms with Crippen molar-refractivity contribution in [2.75, 3.05) is 13.1 Å². The van der Waals surface area contributed by atoms with E-state index in [1.165, 1.54) is 0 Å². The second-order valence-electron chi connectivity index (χ2n) is 3.25. The lowest BCUT2D eigenvalue weighted by atomic mass is 10.2. The van der Waals surface area contributed by atoms with Gasteiger partial charge in [0, 0.05) is 13.1 Å². The topological polar surface area (TPSA) is 70.6 Å². The van der Waals surface area contributed by atoms with Gasteiger partial charge < -0.3 is 15.3 Å². The van der Waals surface area contributed by atoms with Crippen LogP contribution >= 0.6 is 0 Å². The van der Waals surface area contributed by atoms with E-state index < -0.39 is 6.09 Å². The molecule has 0 fully saturated rings. The molecule has 0 aliphatic carbocycles. The summed E-state index contributed by atoms with van der Waals surface area (Å²) in [5.74, 6) is 0. The summed E-state index contributed by atoms with van der Waals surface area (Å²) >= 11 is 0. The summed E-state index contributed by atoms with van der Waals surface area (Å²) in [5.41, 5.74) is 2.96. The van der Waals surface area contributed by atoms with E-state index in [-0.39, 0.29) is 6.61 Å². The fraction of sp³-hybridized carbons (Fsp3) is 0.364. The molecule has 0 atom stereocenters. The van der Waals surface area contributed by atoms with Crippen molar-refractivity contribution < 1.29 is 14.7 Å². The molecular formula is C11H16N2O3. The van der Waals surface area contributed by atoms with Crippen LogP contribution in [-0.2, 0) is 11.3 Å². The molecule has 3 N–H and O–H groups in total. The Kier molecular flexibility index (Phi) is 5.98. The van der Waals surface area contributed by atoms with E-state index in [0.717, 1.165) is 5.56 Å². The zero-order valence-electron chi connectivity index (χ0n) is 8.98. The zero-order chi connectivity index (χ0) is 11.6. The minimum Gasteiger partial charge on any atom is -0.445 e. The lowest BCUT2D eigenvalue weighted by Crippen LogP contribution is -2.27. The highest BCUT2D eigenvalue weighted by atomic mass is 16.5. The van der Waals surface area contributed by atoms with Gasteiger partial charge in [0.05, 0.1) is 0 Å². The molecule has 0 bridgehead atoms. The summed E-state index contributed by atoms with van der Waals surface area (Å²) in [6.07, 6.45) is 0.207. The molecule has 16 heavy (non-hydrogen) atoms. The van der Waals surface area contributed by atoms with Gasteiger partial charge in [0.15, 0.2) is 0 Å². The summed E-state index contributed by atoms with van der Waals surface area (Å²) in [7, 11) is 0. The van der Waals surface area contributed by atoms with Gasteiger partial charge in [0.2, 0.25) is 0 Å². The van der Waals surface area contributed by atoms with Gasteiger partial charge in [-0.3, -0.25) is 0 Å². The fourth-order valence-electron chi connectivity index (χ4n) is 1.13. The molecule has 0 saturated heterocycles. The monoisotopic (exact) mass is 224 g/mol. The van der Waals surface area contributed by atoms with E-state index in [4.69, 9.17) is 9.94 Å². The Balaban J connectivity index is 2.11. The number of hydrogen-bond donors (Lipinski definition) is 3. The Morgan fingerprint density at radius 2 is 2.00 bits per heavy atom. The van der Waals surface area contributed by atoms with Crippen LogP contribution in [0.15, 0.2) is 30.3 Å². The number of amides is 1. The molecule has 1 amide bonds. The van der Waals surface area contributed by atoms with Crippen LogP contribution in [0.4, 0.5) is 4.79 Å². The average Bonchev–Trinajstić information content (AvgIpc) is 2.33. The lowest BCUT2D eigenvalue weighted by molar-refractivity contribution is 0.137. The van der Waals surface area contributed by atoms with Crippen LogP contribution in [0.5, 0.6) is 0 Å². The molecule has 5 heteroatoms. The van der Waals surface area contributed by atoms with Crippen LogP contribution in [0.2, 0.25) is 0 Å². The van der Waals surface area contributed by atoms with E-state index in [1.54, 1.807) is 0 Å². The van der Waals surface area contributed by atoms with Crippen LogP contribution in [-0.4, -0.2) is 24.4 Å². The number of alkyl carbamates (subject to hydrolysis) is 1. The molecule has 0 aliphatic rings. The van der Waals surface area contributed by atoms with Crippen molar-refractivity contribution in [1.29, 1.82) is 0 Å². The molecule has 1 rings (SSSR count). The summed E-state index contributed by atoms with van der Waals surface area (Å²) in [5, 5.41) is 10.9. The van der Waals surface area contributed by atoms with Crippen molar-refractivity contribution in [2.24, 2.45) is 0 Å². The predicted molar refractivity (Wildman–Crippen MR) is 59.0 cm³/mol. The highest BCUT2D eigenvalue weighted by molar-refractivity contribution is 5.67.